The Balaban J connectivity index is 2.02. The molecule has 2 rings (SSSR count). The Morgan fingerprint density at radius 2 is 1.95 bits per heavy atom. The number of hydrogen-bond donors (Lipinski definition) is 1. The topological polar surface area (TPSA) is 64.6 Å². The molecule has 1 amide bonds. The Bertz CT molecular complexity index is 577. The van der Waals surface area contributed by atoms with Gasteiger partial charge in [-0.25, -0.2) is 4.79 Å². The van der Waals surface area contributed by atoms with E-state index in [-0.39, 0.29) is 18.6 Å². The van der Waals surface area contributed by atoms with E-state index >= 15 is 0 Å². The number of carbonyl (C=O) groups is 2. The molecule has 21 heavy (non-hydrogen) atoms. The van der Waals surface area contributed by atoms with Gasteiger partial charge in [-0.15, -0.1) is 0 Å². The van der Waals surface area contributed by atoms with Gasteiger partial charge in [0.25, 0.3) is 5.91 Å². The lowest BCUT2D eigenvalue weighted by atomic mass is 10.1. The summed E-state index contributed by atoms with van der Waals surface area (Å²) >= 11 is 0. The molecule has 0 bridgehead atoms. The highest BCUT2D eigenvalue weighted by Gasteiger charge is 2.23. The predicted octanol–water partition coefficient (Wildman–Crippen LogP) is 1.92. The van der Waals surface area contributed by atoms with Crippen molar-refractivity contribution in [1.29, 1.82) is 0 Å². The van der Waals surface area contributed by atoms with Crippen LogP contribution in [-0.2, 0) is 14.3 Å². The van der Waals surface area contributed by atoms with Crippen molar-refractivity contribution >= 4 is 18.0 Å². The van der Waals surface area contributed by atoms with E-state index < -0.39 is 12.1 Å². The van der Waals surface area contributed by atoms with Crippen LogP contribution in [0.1, 0.15) is 26.3 Å². The average molecular weight is 289 g/mol. The van der Waals surface area contributed by atoms with Crippen molar-refractivity contribution in [1.82, 2.24) is 5.32 Å². The van der Waals surface area contributed by atoms with Crippen molar-refractivity contribution in [2.75, 3.05) is 6.61 Å². The molecule has 112 valence electrons. The molecular weight excluding hydrogens is 270 g/mol. The van der Waals surface area contributed by atoms with Crippen LogP contribution in [0, 0.1) is 0 Å². The first-order chi connectivity index (χ1) is 9.97. The molecule has 1 aliphatic heterocycles. The molecule has 0 fully saturated rings. The van der Waals surface area contributed by atoms with E-state index in [1.165, 1.54) is 0 Å². The van der Waals surface area contributed by atoms with Crippen LogP contribution >= 0.6 is 0 Å². The van der Waals surface area contributed by atoms with Gasteiger partial charge in [0.2, 0.25) is 0 Å². The number of rotatable bonds is 4. The standard InChI is InChI=1S/C16H19NO4/c1-10(2)17-15(18)11(3)21-16(19)13-8-12-6-4-5-7-14(12)20-9-13/h4-8,10-11H,9H2,1-3H3,(H,17,18). The summed E-state index contributed by atoms with van der Waals surface area (Å²) in [4.78, 5) is 23.8. The van der Waals surface area contributed by atoms with Gasteiger partial charge in [0, 0.05) is 11.6 Å². The minimum Gasteiger partial charge on any atom is -0.488 e. The summed E-state index contributed by atoms with van der Waals surface area (Å²) in [5.41, 5.74) is 1.23. The quantitative estimate of drug-likeness (QED) is 0.860. The number of benzene rings is 1. The normalized spacial score (nSPS) is 14.6. The van der Waals surface area contributed by atoms with E-state index in [0.717, 1.165) is 11.3 Å². The molecule has 1 unspecified atom stereocenters. The van der Waals surface area contributed by atoms with Crippen molar-refractivity contribution in [2.45, 2.75) is 32.9 Å². The Hall–Kier alpha value is -2.30. The van der Waals surface area contributed by atoms with Crippen LogP contribution < -0.4 is 10.1 Å². The number of hydrogen-bond acceptors (Lipinski definition) is 4. The number of carbonyl (C=O) groups excluding carboxylic acids is 2. The van der Waals surface area contributed by atoms with Gasteiger partial charge >= 0.3 is 5.97 Å². The van der Waals surface area contributed by atoms with Gasteiger partial charge in [-0.1, -0.05) is 18.2 Å². The van der Waals surface area contributed by atoms with Crippen LogP contribution in [0.4, 0.5) is 0 Å². The summed E-state index contributed by atoms with van der Waals surface area (Å²) in [5, 5.41) is 2.70. The van der Waals surface area contributed by atoms with E-state index in [0.29, 0.717) is 5.57 Å². The second kappa shape index (κ2) is 6.43. The summed E-state index contributed by atoms with van der Waals surface area (Å²) in [6.45, 7) is 5.39. The molecule has 0 spiro atoms. The maximum atomic E-state index is 12.1. The van der Waals surface area contributed by atoms with Crippen LogP contribution in [0.3, 0.4) is 0 Å². The van der Waals surface area contributed by atoms with Crippen LogP contribution in [0.5, 0.6) is 5.75 Å². The molecule has 1 heterocycles. The fourth-order valence-electron chi connectivity index (χ4n) is 1.93. The second-order valence-electron chi connectivity index (χ2n) is 5.21. The fraction of sp³-hybridized carbons (Fsp3) is 0.375. The maximum Gasteiger partial charge on any atom is 0.338 e. The van der Waals surface area contributed by atoms with Crippen molar-refractivity contribution in [3.05, 3.63) is 35.4 Å². The van der Waals surface area contributed by atoms with Crippen LogP contribution in [0.15, 0.2) is 29.8 Å². The molecular formula is C16H19NO4. The third-order valence-corrected chi connectivity index (χ3v) is 2.98. The molecule has 5 nitrogen and oxygen atoms in total. The predicted molar refractivity (Wildman–Crippen MR) is 78.7 cm³/mol. The summed E-state index contributed by atoms with van der Waals surface area (Å²) < 4.78 is 10.7. The minimum absolute atomic E-state index is 0.00255. The average Bonchev–Trinajstić information content (AvgIpc) is 2.45. The first-order valence-electron chi connectivity index (χ1n) is 6.91. The molecule has 0 aromatic heterocycles. The Kier molecular flexibility index (Phi) is 4.62. The van der Waals surface area contributed by atoms with Gasteiger partial charge in [-0.05, 0) is 32.9 Å². The van der Waals surface area contributed by atoms with E-state index in [9.17, 15) is 9.59 Å². The zero-order valence-corrected chi connectivity index (χ0v) is 12.4. The molecule has 1 N–H and O–H groups in total. The van der Waals surface area contributed by atoms with E-state index in [1.807, 2.05) is 38.1 Å². The van der Waals surface area contributed by atoms with Crippen LogP contribution in [-0.4, -0.2) is 30.6 Å². The first-order valence-corrected chi connectivity index (χ1v) is 6.91. The van der Waals surface area contributed by atoms with E-state index in [4.69, 9.17) is 9.47 Å². The zero-order valence-electron chi connectivity index (χ0n) is 12.4. The summed E-state index contributed by atoms with van der Waals surface area (Å²) in [6.07, 6.45) is 0.895. The van der Waals surface area contributed by atoms with Gasteiger partial charge in [0.15, 0.2) is 6.10 Å². The molecule has 0 saturated carbocycles. The van der Waals surface area contributed by atoms with Crippen molar-refractivity contribution in [3.63, 3.8) is 0 Å². The highest BCUT2D eigenvalue weighted by atomic mass is 16.6. The molecule has 1 aromatic carbocycles. The molecule has 0 aliphatic carbocycles. The number of nitrogens with one attached hydrogen (secondary N) is 1. The summed E-state index contributed by atoms with van der Waals surface area (Å²) in [5.74, 6) is -0.105. The monoisotopic (exact) mass is 289 g/mol. The lowest BCUT2D eigenvalue weighted by Crippen LogP contribution is -2.40. The van der Waals surface area contributed by atoms with E-state index in [2.05, 4.69) is 5.32 Å². The van der Waals surface area contributed by atoms with Gasteiger partial charge in [-0.2, -0.15) is 0 Å². The largest absolute Gasteiger partial charge is 0.488 e. The molecule has 0 saturated heterocycles. The Labute approximate surface area is 123 Å². The van der Waals surface area contributed by atoms with Gasteiger partial charge < -0.3 is 14.8 Å². The van der Waals surface area contributed by atoms with Crippen molar-refractivity contribution < 1.29 is 19.1 Å². The van der Waals surface area contributed by atoms with Gasteiger partial charge in [-0.3, -0.25) is 4.79 Å². The third kappa shape index (κ3) is 3.84. The summed E-state index contributed by atoms with van der Waals surface area (Å²) in [7, 11) is 0. The maximum absolute atomic E-state index is 12.1. The first kappa shape index (κ1) is 15.1. The molecule has 5 heteroatoms. The number of fused-ring (bicyclic) bond motifs is 1. The van der Waals surface area contributed by atoms with Crippen LogP contribution in [0.2, 0.25) is 0 Å². The molecule has 1 aliphatic rings. The van der Waals surface area contributed by atoms with Gasteiger partial charge in [0.1, 0.15) is 12.4 Å². The van der Waals surface area contributed by atoms with Crippen molar-refractivity contribution in [3.8, 4) is 5.75 Å². The molecule has 1 atom stereocenters. The fourth-order valence-corrected chi connectivity index (χ4v) is 1.93. The third-order valence-electron chi connectivity index (χ3n) is 2.98. The lowest BCUT2D eigenvalue weighted by molar-refractivity contribution is -0.151. The molecule has 0 radical (unpaired) electrons. The number of para-hydroxylation sites is 1. The minimum atomic E-state index is -0.835. The summed E-state index contributed by atoms with van der Waals surface area (Å²) in [6, 6.07) is 7.44. The second-order valence-corrected chi connectivity index (χ2v) is 5.21. The van der Waals surface area contributed by atoms with E-state index in [1.54, 1.807) is 13.0 Å². The highest BCUT2D eigenvalue weighted by molar-refractivity contribution is 5.96. The lowest BCUT2D eigenvalue weighted by Gasteiger charge is -2.19. The Morgan fingerprint density at radius 1 is 1.24 bits per heavy atom. The number of ether oxygens (including phenoxy) is 2. The zero-order chi connectivity index (χ0) is 15.4. The number of esters is 1. The van der Waals surface area contributed by atoms with Crippen molar-refractivity contribution in [2.24, 2.45) is 0 Å². The Morgan fingerprint density at radius 3 is 2.67 bits per heavy atom. The van der Waals surface area contributed by atoms with Crippen LogP contribution in [0.25, 0.3) is 6.08 Å². The smallest absolute Gasteiger partial charge is 0.338 e. The molecule has 1 aromatic rings. The number of amides is 1. The highest BCUT2D eigenvalue weighted by Crippen LogP contribution is 2.26. The SMILES string of the molecule is CC(C)NC(=O)C(C)OC(=O)C1=Cc2ccccc2OC1. The van der Waals surface area contributed by atoms with Gasteiger partial charge in [0.05, 0.1) is 5.57 Å².